The molecule has 1 aliphatic heterocycles. The van der Waals surface area contributed by atoms with Gasteiger partial charge in [0.15, 0.2) is 0 Å². The first-order valence-corrected chi connectivity index (χ1v) is 9.05. The number of carbonyl (C=O) groups excluding carboxylic acids is 1. The number of amides is 1. The molecule has 0 saturated carbocycles. The van der Waals surface area contributed by atoms with Gasteiger partial charge in [0.25, 0.3) is 0 Å². The van der Waals surface area contributed by atoms with E-state index in [0.717, 1.165) is 41.2 Å². The molecule has 0 spiro atoms. The topological polar surface area (TPSA) is 59.8 Å². The number of aromatic nitrogens is 3. The number of rotatable bonds is 4. The highest BCUT2D eigenvalue weighted by Crippen LogP contribution is 2.24. The third-order valence-electron chi connectivity index (χ3n) is 4.71. The van der Waals surface area contributed by atoms with Gasteiger partial charge in [0.05, 0.1) is 12.1 Å². The summed E-state index contributed by atoms with van der Waals surface area (Å²) < 4.78 is 2.25. The number of anilines is 1. The number of imidazole rings is 1. The third-order valence-corrected chi connectivity index (χ3v) is 4.71. The Kier molecular flexibility index (Phi) is 4.52. The van der Waals surface area contributed by atoms with E-state index in [1.54, 1.807) is 6.20 Å². The number of nitrogens with one attached hydrogen (secondary N) is 1. The zero-order valence-corrected chi connectivity index (χ0v) is 14.9. The van der Waals surface area contributed by atoms with E-state index in [9.17, 15) is 4.79 Å². The van der Waals surface area contributed by atoms with Crippen LogP contribution in [0.25, 0.3) is 11.3 Å². The van der Waals surface area contributed by atoms with Gasteiger partial charge in [-0.2, -0.15) is 0 Å². The van der Waals surface area contributed by atoms with Crippen molar-refractivity contribution in [3.8, 4) is 11.3 Å². The number of hydrogen-bond acceptors (Lipinski definition) is 3. The second kappa shape index (κ2) is 7.12. The molecule has 1 aromatic carbocycles. The Morgan fingerprint density at radius 1 is 1.15 bits per heavy atom. The average molecular weight is 346 g/mol. The number of fused-ring (bicyclic) bond motifs is 1. The first-order valence-electron chi connectivity index (χ1n) is 9.05. The predicted octanol–water partition coefficient (Wildman–Crippen LogP) is 3.77. The van der Waals surface area contributed by atoms with Crippen LogP contribution in [0.5, 0.6) is 0 Å². The van der Waals surface area contributed by atoms with Gasteiger partial charge in [0.2, 0.25) is 5.91 Å². The van der Waals surface area contributed by atoms with Gasteiger partial charge in [-0.05, 0) is 43.5 Å². The number of benzene rings is 1. The number of hydrogen-bond donors (Lipinski definition) is 1. The molecule has 132 valence electrons. The number of pyridine rings is 1. The van der Waals surface area contributed by atoms with Gasteiger partial charge in [-0.15, -0.1) is 0 Å². The largest absolute Gasteiger partial charge is 0.334 e. The van der Waals surface area contributed by atoms with Crippen LogP contribution in [0, 0.1) is 6.92 Å². The summed E-state index contributed by atoms with van der Waals surface area (Å²) in [7, 11) is 0. The first kappa shape index (κ1) is 16.5. The van der Waals surface area contributed by atoms with Gasteiger partial charge in [0.1, 0.15) is 5.82 Å². The molecule has 0 bridgehead atoms. The normalized spacial score (nSPS) is 13.3. The minimum Gasteiger partial charge on any atom is -0.334 e. The van der Waals surface area contributed by atoms with Gasteiger partial charge in [-0.1, -0.05) is 18.2 Å². The number of nitrogens with zero attached hydrogens (tertiary/aromatic N) is 3. The van der Waals surface area contributed by atoms with E-state index in [2.05, 4.69) is 21.1 Å². The highest BCUT2D eigenvalue weighted by molar-refractivity contribution is 5.92. The van der Waals surface area contributed by atoms with E-state index in [1.807, 2.05) is 43.3 Å². The molecule has 3 aromatic rings. The Hall–Kier alpha value is -2.95. The van der Waals surface area contributed by atoms with Crippen molar-refractivity contribution in [3.05, 3.63) is 65.9 Å². The fourth-order valence-corrected chi connectivity index (χ4v) is 3.27. The zero-order valence-electron chi connectivity index (χ0n) is 14.9. The smallest absolute Gasteiger partial charge is 0.228 e. The van der Waals surface area contributed by atoms with Crippen LogP contribution in [-0.4, -0.2) is 20.4 Å². The molecule has 4 rings (SSSR count). The fourth-order valence-electron chi connectivity index (χ4n) is 3.27. The van der Waals surface area contributed by atoms with E-state index in [-0.39, 0.29) is 5.91 Å². The zero-order chi connectivity index (χ0) is 17.9. The maximum Gasteiger partial charge on any atom is 0.228 e. The monoisotopic (exact) mass is 346 g/mol. The van der Waals surface area contributed by atoms with Gasteiger partial charge < -0.3 is 9.88 Å². The number of carbonyl (C=O) groups is 1. The second-order valence-electron chi connectivity index (χ2n) is 6.80. The molecule has 1 aliphatic rings. The molecular weight excluding hydrogens is 324 g/mol. The van der Waals surface area contributed by atoms with Crippen molar-refractivity contribution in [2.45, 2.75) is 39.2 Å². The molecule has 5 nitrogen and oxygen atoms in total. The van der Waals surface area contributed by atoms with Crippen LogP contribution < -0.4 is 5.32 Å². The molecular formula is C21H22N4O. The molecule has 0 saturated heterocycles. The molecule has 1 amide bonds. The standard InChI is InChI=1S/C21H22N4O/c1-15-5-6-16(13-22-15)12-21(26)23-18-9-7-17(8-10-18)19-14-25-11-3-2-4-20(25)24-19/h5-10,13-14H,2-4,11-12H2,1H3,(H,23,26). The Morgan fingerprint density at radius 3 is 2.73 bits per heavy atom. The van der Waals surface area contributed by atoms with Crippen LogP contribution in [0.1, 0.15) is 29.9 Å². The van der Waals surface area contributed by atoms with Crippen LogP contribution in [0.4, 0.5) is 5.69 Å². The Balaban J connectivity index is 1.41. The van der Waals surface area contributed by atoms with E-state index in [1.165, 1.54) is 18.7 Å². The molecule has 3 heterocycles. The van der Waals surface area contributed by atoms with Crippen LogP contribution in [-0.2, 0) is 24.2 Å². The van der Waals surface area contributed by atoms with Gasteiger partial charge in [-0.25, -0.2) is 4.98 Å². The van der Waals surface area contributed by atoms with Crippen molar-refractivity contribution >= 4 is 11.6 Å². The minimum absolute atomic E-state index is 0.0409. The van der Waals surface area contributed by atoms with Crippen LogP contribution >= 0.6 is 0 Å². The molecule has 0 aliphatic carbocycles. The lowest BCUT2D eigenvalue weighted by atomic mass is 10.1. The van der Waals surface area contributed by atoms with E-state index >= 15 is 0 Å². The predicted molar refractivity (Wildman–Crippen MR) is 102 cm³/mol. The van der Waals surface area contributed by atoms with E-state index < -0.39 is 0 Å². The van der Waals surface area contributed by atoms with Crippen LogP contribution in [0.2, 0.25) is 0 Å². The van der Waals surface area contributed by atoms with Gasteiger partial charge in [-0.3, -0.25) is 9.78 Å². The van der Waals surface area contributed by atoms with E-state index in [0.29, 0.717) is 6.42 Å². The molecule has 5 heteroatoms. The summed E-state index contributed by atoms with van der Waals surface area (Å²) in [5, 5.41) is 2.94. The van der Waals surface area contributed by atoms with Crippen LogP contribution in [0.3, 0.4) is 0 Å². The lowest BCUT2D eigenvalue weighted by molar-refractivity contribution is -0.115. The molecule has 0 fully saturated rings. The van der Waals surface area contributed by atoms with Crippen LogP contribution in [0.15, 0.2) is 48.8 Å². The van der Waals surface area contributed by atoms with Crippen molar-refractivity contribution in [1.29, 1.82) is 0 Å². The Labute approximate surface area is 153 Å². The molecule has 1 N–H and O–H groups in total. The summed E-state index contributed by atoms with van der Waals surface area (Å²) in [4.78, 5) is 21.2. The maximum atomic E-state index is 12.2. The van der Waals surface area contributed by atoms with Crippen molar-refractivity contribution in [3.63, 3.8) is 0 Å². The maximum absolute atomic E-state index is 12.2. The molecule has 0 radical (unpaired) electrons. The third kappa shape index (κ3) is 3.67. The van der Waals surface area contributed by atoms with Crippen molar-refractivity contribution in [2.24, 2.45) is 0 Å². The summed E-state index contributed by atoms with van der Waals surface area (Å²) in [6.07, 6.45) is 7.71. The van der Waals surface area contributed by atoms with Gasteiger partial charge in [0, 0.05) is 42.3 Å². The highest BCUT2D eigenvalue weighted by Gasteiger charge is 2.13. The minimum atomic E-state index is -0.0409. The Morgan fingerprint density at radius 2 is 2.00 bits per heavy atom. The summed E-state index contributed by atoms with van der Waals surface area (Å²) in [5.41, 5.74) is 4.74. The molecule has 0 unspecified atom stereocenters. The quantitative estimate of drug-likeness (QED) is 0.782. The van der Waals surface area contributed by atoms with Crippen molar-refractivity contribution in [2.75, 3.05) is 5.32 Å². The lowest BCUT2D eigenvalue weighted by Gasteiger charge is -2.11. The highest BCUT2D eigenvalue weighted by atomic mass is 16.1. The van der Waals surface area contributed by atoms with Gasteiger partial charge >= 0.3 is 0 Å². The van der Waals surface area contributed by atoms with E-state index in [4.69, 9.17) is 4.98 Å². The SMILES string of the molecule is Cc1ccc(CC(=O)Nc2ccc(-c3cn4c(n3)CCCC4)cc2)cn1. The lowest BCUT2D eigenvalue weighted by Crippen LogP contribution is -2.14. The summed E-state index contributed by atoms with van der Waals surface area (Å²) >= 11 is 0. The van der Waals surface area contributed by atoms with Crippen molar-refractivity contribution in [1.82, 2.24) is 14.5 Å². The number of aryl methyl sites for hydroxylation is 3. The van der Waals surface area contributed by atoms with Crippen molar-refractivity contribution < 1.29 is 4.79 Å². The Bertz CT molecular complexity index is 887. The first-order chi connectivity index (χ1) is 12.7. The molecule has 0 atom stereocenters. The second-order valence-corrected chi connectivity index (χ2v) is 6.80. The molecule has 2 aromatic heterocycles. The molecule has 26 heavy (non-hydrogen) atoms. The fraction of sp³-hybridized carbons (Fsp3) is 0.286. The summed E-state index contributed by atoms with van der Waals surface area (Å²) in [6.45, 7) is 2.99. The summed E-state index contributed by atoms with van der Waals surface area (Å²) in [6, 6.07) is 11.7. The summed E-state index contributed by atoms with van der Waals surface area (Å²) in [5.74, 6) is 1.14. The average Bonchev–Trinajstić information content (AvgIpc) is 3.08.